The molecule has 3 N–H and O–H groups in total. The predicted molar refractivity (Wildman–Crippen MR) is 60.0 cm³/mol. The van der Waals surface area contributed by atoms with E-state index < -0.39 is 12.0 Å². The Morgan fingerprint density at radius 2 is 2.19 bits per heavy atom. The van der Waals surface area contributed by atoms with Crippen LogP contribution >= 0.6 is 0 Å². The van der Waals surface area contributed by atoms with E-state index in [0.29, 0.717) is 11.3 Å². The van der Waals surface area contributed by atoms with Crippen LogP contribution in [0.3, 0.4) is 0 Å². The Hall–Kier alpha value is -1.62. The van der Waals surface area contributed by atoms with Crippen molar-refractivity contribution in [2.75, 3.05) is 19.0 Å². The number of hydrogen-bond donors (Lipinski definition) is 2. The second kappa shape index (κ2) is 4.94. The van der Waals surface area contributed by atoms with Gasteiger partial charge in [-0.1, -0.05) is 6.07 Å². The molecule has 1 unspecified atom stereocenters. The van der Waals surface area contributed by atoms with Gasteiger partial charge >= 0.3 is 5.97 Å². The van der Waals surface area contributed by atoms with Gasteiger partial charge in [0.15, 0.2) is 0 Å². The van der Waals surface area contributed by atoms with Gasteiger partial charge in [0.25, 0.3) is 0 Å². The summed E-state index contributed by atoms with van der Waals surface area (Å²) in [6.45, 7) is 0. The van der Waals surface area contributed by atoms with Gasteiger partial charge in [0.05, 0.1) is 5.69 Å². The standard InChI is InChI=1S/C11H15FN2O2/c1-14(2)10-6-7(3-4-8(10)12)5-9(13)11(15)16/h3-4,6,9H,5,13H2,1-2H3,(H,15,16). The number of benzene rings is 1. The van der Waals surface area contributed by atoms with Crippen LogP contribution in [0.5, 0.6) is 0 Å². The van der Waals surface area contributed by atoms with E-state index in [9.17, 15) is 9.18 Å². The third kappa shape index (κ3) is 2.93. The minimum atomic E-state index is -1.06. The second-order valence-corrected chi connectivity index (χ2v) is 3.83. The highest BCUT2D eigenvalue weighted by Crippen LogP contribution is 2.19. The molecule has 0 saturated carbocycles. The Bertz CT molecular complexity index is 394. The van der Waals surface area contributed by atoms with Gasteiger partial charge in [0.2, 0.25) is 0 Å². The molecule has 0 aliphatic carbocycles. The van der Waals surface area contributed by atoms with Gasteiger partial charge in [0, 0.05) is 14.1 Å². The molecular formula is C11H15FN2O2. The predicted octanol–water partition coefficient (Wildman–Crippen LogP) is 0.846. The first kappa shape index (κ1) is 12.4. The number of nitrogens with two attached hydrogens (primary N) is 1. The molecule has 0 bridgehead atoms. The number of hydrogen-bond acceptors (Lipinski definition) is 3. The first-order chi connectivity index (χ1) is 7.41. The van der Waals surface area contributed by atoms with Crippen LogP contribution in [-0.4, -0.2) is 31.2 Å². The molecule has 0 aliphatic rings. The second-order valence-electron chi connectivity index (χ2n) is 3.83. The summed E-state index contributed by atoms with van der Waals surface area (Å²) in [5.41, 5.74) is 6.54. The largest absolute Gasteiger partial charge is 0.480 e. The summed E-state index contributed by atoms with van der Waals surface area (Å²) in [6.07, 6.45) is 0.191. The van der Waals surface area contributed by atoms with E-state index in [4.69, 9.17) is 10.8 Å². The Balaban J connectivity index is 2.91. The molecule has 0 aliphatic heterocycles. The molecule has 0 amide bonds. The molecule has 5 heteroatoms. The molecule has 16 heavy (non-hydrogen) atoms. The maximum atomic E-state index is 13.3. The zero-order chi connectivity index (χ0) is 12.3. The highest BCUT2D eigenvalue weighted by Gasteiger charge is 2.13. The fraction of sp³-hybridized carbons (Fsp3) is 0.364. The van der Waals surface area contributed by atoms with Crippen LogP contribution in [-0.2, 0) is 11.2 Å². The van der Waals surface area contributed by atoms with E-state index in [0.717, 1.165) is 0 Å². The molecule has 0 radical (unpaired) electrons. The molecule has 88 valence electrons. The van der Waals surface area contributed by atoms with Crippen LogP contribution in [0, 0.1) is 5.82 Å². The van der Waals surface area contributed by atoms with Crippen LogP contribution < -0.4 is 10.6 Å². The quantitative estimate of drug-likeness (QED) is 0.798. The van der Waals surface area contributed by atoms with Gasteiger partial charge in [-0.3, -0.25) is 4.79 Å². The summed E-state index contributed by atoms with van der Waals surface area (Å²) < 4.78 is 13.3. The molecule has 1 rings (SSSR count). The molecule has 1 aromatic carbocycles. The maximum Gasteiger partial charge on any atom is 0.320 e. The van der Waals surface area contributed by atoms with Crippen molar-refractivity contribution in [1.29, 1.82) is 0 Å². The molecular weight excluding hydrogens is 211 g/mol. The van der Waals surface area contributed by atoms with Crippen LogP contribution in [0.4, 0.5) is 10.1 Å². The zero-order valence-electron chi connectivity index (χ0n) is 9.27. The van der Waals surface area contributed by atoms with Crippen molar-refractivity contribution < 1.29 is 14.3 Å². The van der Waals surface area contributed by atoms with Gasteiger partial charge in [-0.05, 0) is 24.1 Å². The van der Waals surface area contributed by atoms with Crippen molar-refractivity contribution in [2.24, 2.45) is 5.73 Å². The average Bonchev–Trinajstić information content (AvgIpc) is 2.20. The minimum absolute atomic E-state index is 0.191. The summed E-state index contributed by atoms with van der Waals surface area (Å²) in [7, 11) is 3.44. The molecule has 0 fully saturated rings. The summed E-state index contributed by atoms with van der Waals surface area (Å²) >= 11 is 0. The summed E-state index contributed by atoms with van der Waals surface area (Å²) in [5.74, 6) is -1.40. The number of rotatable bonds is 4. The Labute approximate surface area is 93.5 Å². The molecule has 0 spiro atoms. The normalized spacial score (nSPS) is 12.2. The van der Waals surface area contributed by atoms with Crippen molar-refractivity contribution in [2.45, 2.75) is 12.5 Å². The number of aliphatic carboxylic acids is 1. The minimum Gasteiger partial charge on any atom is -0.480 e. The third-order valence-electron chi connectivity index (χ3n) is 2.27. The third-order valence-corrected chi connectivity index (χ3v) is 2.27. The summed E-state index contributed by atoms with van der Waals surface area (Å²) in [4.78, 5) is 12.2. The smallest absolute Gasteiger partial charge is 0.320 e. The van der Waals surface area contributed by atoms with Crippen LogP contribution in [0.15, 0.2) is 18.2 Å². The van der Waals surface area contributed by atoms with Crippen LogP contribution in [0.25, 0.3) is 0 Å². The van der Waals surface area contributed by atoms with Gasteiger partial charge in [0.1, 0.15) is 11.9 Å². The van der Waals surface area contributed by atoms with Crippen molar-refractivity contribution in [1.82, 2.24) is 0 Å². The lowest BCUT2D eigenvalue weighted by molar-refractivity contribution is -0.138. The lowest BCUT2D eigenvalue weighted by Gasteiger charge is -2.15. The number of nitrogens with zero attached hydrogens (tertiary/aromatic N) is 1. The molecule has 1 atom stereocenters. The molecule has 0 heterocycles. The first-order valence-corrected chi connectivity index (χ1v) is 4.86. The number of carboxylic acid groups (broad SMARTS) is 1. The van der Waals surface area contributed by atoms with Crippen LogP contribution in [0.1, 0.15) is 5.56 Å². The van der Waals surface area contributed by atoms with E-state index >= 15 is 0 Å². The fourth-order valence-corrected chi connectivity index (χ4v) is 1.37. The van der Waals surface area contributed by atoms with Gasteiger partial charge in [-0.15, -0.1) is 0 Å². The van der Waals surface area contributed by atoms with Gasteiger partial charge < -0.3 is 15.7 Å². The van der Waals surface area contributed by atoms with E-state index in [2.05, 4.69) is 0 Å². The van der Waals surface area contributed by atoms with E-state index in [1.807, 2.05) is 0 Å². The fourth-order valence-electron chi connectivity index (χ4n) is 1.37. The summed E-state index contributed by atoms with van der Waals surface area (Å²) in [5, 5.41) is 8.67. The number of anilines is 1. The van der Waals surface area contributed by atoms with E-state index in [1.165, 1.54) is 6.07 Å². The summed E-state index contributed by atoms with van der Waals surface area (Å²) in [6, 6.07) is 3.52. The topological polar surface area (TPSA) is 66.6 Å². The number of carbonyl (C=O) groups is 1. The highest BCUT2D eigenvalue weighted by atomic mass is 19.1. The van der Waals surface area contributed by atoms with Crippen molar-refractivity contribution in [3.05, 3.63) is 29.6 Å². The van der Waals surface area contributed by atoms with Gasteiger partial charge in [-0.25, -0.2) is 4.39 Å². The first-order valence-electron chi connectivity index (χ1n) is 4.86. The average molecular weight is 226 g/mol. The van der Waals surface area contributed by atoms with Crippen molar-refractivity contribution in [3.8, 4) is 0 Å². The Morgan fingerprint density at radius 1 is 1.56 bits per heavy atom. The molecule has 0 saturated heterocycles. The molecule has 1 aromatic rings. The van der Waals surface area contributed by atoms with Crippen molar-refractivity contribution in [3.63, 3.8) is 0 Å². The maximum absolute atomic E-state index is 13.3. The number of carboxylic acids is 1. The lowest BCUT2D eigenvalue weighted by atomic mass is 10.1. The Morgan fingerprint density at radius 3 is 2.69 bits per heavy atom. The highest BCUT2D eigenvalue weighted by molar-refractivity contribution is 5.73. The Kier molecular flexibility index (Phi) is 3.84. The number of halogens is 1. The monoisotopic (exact) mass is 226 g/mol. The van der Waals surface area contributed by atoms with Gasteiger partial charge in [-0.2, -0.15) is 0 Å². The van der Waals surface area contributed by atoms with E-state index in [-0.39, 0.29) is 12.2 Å². The SMILES string of the molecule is CN(C)c1cc(CC(N)C(=O)O)ccc1F. The molecule has 4 nitrogen and oxygen atoms in total. The lowest BCUT2D eigenvalue weighted by Crippen LogP contribution is -2.32. The zero-order valence-corrected chi connectivity index (χ0v) is 9.27. The van der Waals surface area contributed by atoms with Crippen molar-refractivity contribution >= 4 is 11.7 Å². The molecule has 0 aromatic heterocycles. The van der Waals surface area contributed by atoms with E-state index in [1.54, 1.807) is 31.1 Å². The van der Waals surface area contributed by atoms with Crippen LogP contribution in [0.2, 0.25) is 0 Å².